The van der Waals surface area contributed by atoms with E-state index in [1.165, 1.54) is 0 Å². The van der Waals surface area contributed by atoms with Crippen LogP contribution < -0.4 is 5.56 Å². The summed E-state index contributed by atoms with van der Waals surface area (Å²) in [4.78, 5) is 14.5. The first-order chi connectivity index (χ1) is 9.22. The number of benzene rings is 1. The molecule has 100 valence electrons. The molecule has 0 saturated carbocycles. The van der Waals surface area contributed by atoms with Gasteiger partial charge in [-0.15, -0.1) is 0 Å². The lowest BCUT2D eigenvalue weighted by Crippen LogP contribution is -2.17. The van der Waals surface area contributed by atoms with Gasteiger partial charge in [0.05, 0.1) is 18.8 Å². The third-order valence-corrected chi connectivity index (χ3v) is 2.90. The summed E-state index contributed by atoms with van der Waals surface area (Å²) in [5, 5.41) is 8.67. The number of nitrogens with one attached hydrogen (secondary N) is 1. The van der Waals surface area contributed by atoms with Crippen LogP contribution in [0.25, 0.3) is 11.1 Å². The SMILES string of the molecule is O=c1[nH]c(=S)n(COCCO)cc1-c1ccccc1. The highest BCUT2D eigenvalue weighted by molar-refractivity contribution is 7.71. The molecule has 2 rings (SSSR count). The number of hydrogen-bond donors (Lipinski definition) is 2. The van der Waals surface area contributed by atoms with Crippen LogP contribution >= 0.6 is 12.2 Å². The van der Waals surface area contributed by atoms with Crippen LogP contribution in [0.3, 0.4) is 0 Å². The molecule has 0 saturated heterocycles. The van der Waals surface area contributed by atoms with E-state index >= 15 is 0 Å². The average molecular weight is 278 g/mol. The molecule has 1 aromatic heterocycles. The Morgan fingerprint density at radius 2 is 2.05 bits per heavy atom. The molecule has 2 N–H and O–H groups in total. The monoisotopic (exact) mass is 278 g/mol. The van der Waals surface area contributed by atoms with Gasteiger partial charge in [-0.1, -0.05) is 30.3 Å². The van der Waals surface area contributed by atoms with Gasteiger partial charge in [-0.3, -0.25) is 9.78 Å². The van der Waals surface area contributed by atoms with Crippen LogP contribution in [0.4, 0.5) is 0 Å². The van der Waals surface area contributed by atoms with Crippen LogP contribution in [0.1, 0.15) is 0 Å². The summed E-state index contributed by atoms with van der Waals surface area (Å²) in [6, 6.07) is 9.32. The van der Waals surface area contributed by atoms with Crippen molar-refractivity contribution in [2.24, 2.45) is 0 Å². The molecule has 0 spiro atoms. The molecule has 0 radical (unpaired) electrons. The largest absolute Gasteiger partial charge is 0.394 e. The van der Waals surface area contributed by atoms with Gasteiger partial charge in [-0.25, -0.2) is 0 Å². The average Bonchev–Trinajstić information content (AvgIpc) is 2.42. The molecule has 0 atom stereocenters. The number of hydrogen-bond acceptors (Lipinski definition) is 4. The molecule has 0 aliphatic rings. The van der Waals surface area contributed by atoms with E-state index in [4.69, 9.17) is 22.1 Å². The van der Waals surface area contributed by atoms with Crippen molar-refractivity contribution >= 4 is 12.2 Å². The second-order valence-electron chi connectivity index (χ2n) is 3.90. The van der Waals surface area contributed by atoms with Crippen molar-refractivity contribution in [2.45, 2.75) is 6.73 Å². The molecule has 1 heterocycles. The van der Waals surface area contributed by atoms with Crippen molar-refractivity contribution < 1.29 is 9.84 Å². The molecular formula is C13H14N2O3S. The van der Waals surface area contributed by atoms with Crippen LogP contribution in [0.2, 0.25) is 0 Å². The Morgan fingerprint density at radius 3 is 2.74 bits per heavy atom. The van der Waals surface area contributed by atoms with Crippen molar-refractivity contribution in [1.82, 2.24) is 9.55 Å². The Balaban J connectivity index is 2.37. The first kappa shape index (κ1) is 13.7. The molecule has 19 heavy (non-hydrogen) atoms. The summed E-state index contributed by atoms with van der Waals surface area (Å²) in [6.45, 7) is 0.361. The van der Waals surface area contributed by atoms with Gasteiger partial charge in [-0.2, -0.15) is 0 Å². The second kappa shape index (κ2) is 6.42. The molecule has 0 aliphatic heterocycles. The van der Waals surface area contributed by atoms with Gasteiger partial charge in [0.2, 0.25) is 0 Å². The standard InChI is InChI=1S/C13H14N2O3S/c16-6-7-18-9-15-8-11(12(17)14-13(15)19)10-4-2-1-3-5-10/h1-5,8,16H,6-7,9H2,(H,14,17,19). The lowest BCUT2D eigenvalue weighted by Gasteiger charge is -2.09. The molecule has 0 bridgehead atoms. The van der Waals surface area contributed by atoms with Gasteiger partial charge in [0, 0.05) is 6.20 Å². The molecule has 6 heteroatoms. The summed E-state index contributed by atoms with van der Waals surface area (Å²) in [5.41, 5.74) is 1.12. The van der Waals surface area contributed by atoms with E-state index in [0.29, 0.717) is 10.3 Å². The predicted octanol–water partition coefficient (Wildman–Crippen LogP) is 1.54. The van der Waals surface area contributed by atoms with Crippen molar-refractivity contribution in [1.29, 1.82) is 0 Å². The summed E-state index contributed by atoms with van der Waals surface area (Å²) < 4.78 is 7.12. The lowest BCUT2D eigenvalue weighted by atomic mass is 10.1. The maximum atomic E-state index is 11.9. The van der Waals surface area contributed by atoms with Crippen LogP contribution in [0.5, 0.6) is 0 Å². The Morgan fingerprint density at radius 1 is 1.32 bits per heavy atom. The summed E-state index contributed by atoms with van der Waals surface area (Å²) >= 11 is 5.06. The maximum Gasteiger partial charge on any atom is 0.259 e. The molecule has 0 amide bonds. The van der Waals surface area contributed by atoms with Crippen molar-refractivity contribution in [3.63, 3.8) is 0 Å². The third-order valence-electron chi connectivity index (χ3n) is 2.56. The topological polar surface area (TPSA) is 67.2 Å². The Labute approximate surface area is 115 Å². The van der Waals surface area contributed by atoms with E-state index in [-0.39, 0.29) is 25.5 Å². The predicted molar refractivity (Wildman–Crippen MR) is 74.4 cm³/mol. The molecule has 0 fully saturated rings. The Hall–Kier alpha value is -1.76. The van der Waals surface area contributed by atoms with E-state index < -0.39 is 0 Å². The zero-order valence-corrected chi connectivity index (χ0v) is 11.0. The Kier molecular flexibility index (Phi) is 4.62. The third kappa shape index (κ3) is 3.37. The minimum Gasteiger partial charge on any atom is -0.394 e. The van der Waals surface area contributed by atoms with Crippen LogP contribution in [0.15, 0.2) is 41.3 Å². The van der Waals surface area contributed by atoms with E-state index in [2.05, 4.69) is 4.98 Å². The van der Waals surface area contributed by atoms with Gasteiger partial charge >= 0.3 is 0 Å². The van der Waals surface area contributed by atoms with Crippen molar-refractivity contribution in [3.8, 4) is 11.1 Å². The smallest absolute Gasteiger partial charge is 0.259 e. The van der Waals surface area contributed by atoms with Crippen LogP contribution in [-0.4, -0.2) is 27.9 Å². The number of ether oxygens (including phenoxy) is 1. The quantitative estimate of drug-likeness (QED) is 0.643. The van der Waals surface area contributed by atoms with Crippen molar-refractivity contribution in [3.05, 3.63) is 51.7 Å². The number of aromatic amines is 1. The normalized spacial score (nSPS) is 10.6. The summed E-state index contributed by atoms with van der Waals surface area (Å²) in [7, 11) is 0. The van der Waals surface area contributed by atoms with E-state index in [9.17, 15) is 4.79 Å². The zero-order valence-electron chi connectivity index (χ0n) is 10.2. The van der Waals surface area contributed by atoms with Crippen LogP contribution in [0, 0.1) is 4.77 Å². The number of aliphatic hydroxyl groups excluding tert-OH is 1. The highest BCUT2D eigenvalue weighted by atomic mass is 32.1. The number of aliphatic hydroxyl groups is 1. The molecule has 2 aromatic rings. The molecule has 5 nitrogen and oxygen atoms in total. The number of aromatic nitrogens is 2. The van der Waals surface area contributed by atoms with E-state index in [0.717, 1.165) is 5.56 Å². The highest BCUT2D eigenvalue weighted by Gasteiger charge is 2.05. The maximum absolute atomic E-state index is 11.9. The minimum absolute atomic E-state index is 0.0534. The van der Waals surface area contributed by atoms with Gasteiger partial charge in [0.15, 0.2) is 4.77 Å². The highest BCUT2D eigenvalue weighted by Crippen LogP contribution is 2.13. The first-order valence-electron chi connectivity index (χ1n) is 5.80. The van der Waals surface area contributed by atoms with Gasteiger partial charge in [-0.05, 0) is 17.8 Å². The molecule has 0 unspecified atom stereocenters. The van der Waals surface area contributed by atoms with Crippen LogP contribution in [-0.2, 0) is 11.5 Å². The Bertz CT molecular complexity index is 649. The first-order valence-corrected chi connectivity index (χ1v) is 6.21. The van der Waals surface area contributed by atoms with Gasteiger partial charge < -0.3 is 14.4 Å². The second-order valence-corrected chi connectivity index (χ2v) is 4.29. The minimum atomic E-state index is -0.227. The molecule has 0 aliphatic carbocycles. The van der Waals surface area contributed by atoms with Gasteiger partial charge in [0.25, 0.3) is 5.56 Å². The fraction of sp³-hybridized carbons (Fsp3) is 0.231. The zero-order chi connectivity index (χ0) is 13.7. The molecular weight excluding hydrogens is 264 g/mol. The van der Waals surface area contributed by atoms with E-state index in [1.807, 2.05) is 30.3 Å². The number of H-pyrrole nitrogens is 1. The van der Waals surface area contributed by atoms with Crippen molar-refractivity contribution in [2.75, 3.05) is 13.2 Å². The fourth-order valence-electron chi connectivity index (χ4n) is 1.66. The number of nitrogens with zero attached hydrogens (tertiary/aromatic N) is 1. The summed E-state index contributed by atoms with van der Waals surface area (Å²) in [5.74, 6) is 0. The molecule has 1 aromatic carbocycles. The summed E-state index contributed by atoms with van der Waals surface area (Å²) in [6.07, 6.45) is 1.66. The lowest BCUT2D eigenvalue weighted by molar-refractivity contribution is 0.0467. The fourth-order valence-corrected chi connectivity index (χ4v) is 1.85. The van der Waals surface area contributed by atoms with Gasteiger partial charge in [0.1, 0.15) is 6.73 Å². The number of rotatable bonds is 5. The van der Waals surface area contributed by atoms with E-state index in [1.54, 1.807) is 10.8 Å².